The summed E-state index contributed by atoms with van der Waals surface area (Å²) >= 11 is 0.757. The molecule has 0 spiro atoms. The minimum Gasteiger partial charge on any atom is -0.493 e. The molecule has 2 aliphatic rings. The van der Waals surface area contributed by atoms with E-state index < -0.39 is 16.1 Å². The highest BCUT2D eigenvalue weighted by Gasteiger charge is 2.37. The number of nitrogens with zero attached hydrogens (tertiary/aromatic N) is 4. The summed E-state index contributed by atoms with van der Waals surface area (Å²) in [5.74, 6) is -0.538. The van der Waals surface area contributed by atoms with Crippen LogP contribution in [0.5, 0.6) is 17.4 Å². The average Bonchev–Trinajstić information content (AvgIpc) is 3.45. The molecule has 176 valence electrons. The molecule has 0 radical (unpaired) electrons. The number of ether oxygens (including phenoxy) is 2. The molecule has 2 saturated heterocycles. The van der Waals surface area contributed by atoms with E-state index in [0.717, 1.165) is 29.5 Å². The maximum absolute atomic E-state index is 12.8. The fourth-order valence-corrected chi connectivity index (χ4v) is 4.39. The molecule has 1 aromatic carbocycles. The lowest BCUT2D eigenvalue weighted by Crippen LogP contribution is -2.40. The number of carbonyl (C=O) groups is 3. The molecule has 2 aromatic rings. The Bertz CT molecular complexity index is 1190. The Labute approximate surface area is 198 Å². The van der Waals surface area contributed by atoms with Crippen LogP contribution in [-0.2, 0) is 9.59 Å². The van der Waals surface area contributed by atoms with Crippen molar-refractivity contribution in [1.29, 1.82) is 0 Å². The van der Waals surface area contributed by atoms with Crippen LogP contribution in [0.3, 0.4) is 0 Å². The SMILES string of the molecule is COc1cc(/C=C2/SC(=O)N(CC(=O)N3CCCC3)C2=O)ccc1Oc1ncccc1[N+](=O)[O-]. The van der Waals surface area contributed by atoms with E-state index in [1.54, 1.807) is 17.0 Å². The summed E-state index contributed by atoms with van der Waals surface area (Å²) < 4.78 is 10.9. The summed E-state index contributed by atoms with van der Waals surface area (Å²) in [5.41, 5.74) is 0.238. The van der Waals surface area contributed by atoms with E-state index in [0.29, 0.717) is 18.7 Å². The van der Waals surface area contributed by atoms with Crippen molar-refractivity contribution in [2.75, 3.05) is 26.7 Å². The molecule has 0 saturated carbocycles. The van der Waals surface area contributed by atoms with Gasteiger partial charge in [-0.3, -0.25) is 29.4 Å². The van der Waals surface area contributed by atoms with E-state index in [1.807, 2.05) is 0 Å². The van der Waals surface area contributed by atoms with E-state index in [-0.39, 0.29) is 40.4 Å². The molecule has 34 heavy (non-hydrogen) atoms. The van der Waals surface area contributed by atoms with Crippen LogP contribution in [0, 0.1) is 10.1 Å². The molecule has 2 aliphatic heterocycles. The molecule has 3 amide bonds. The Morgan fingerprint density at radius 2 is 2.00 bits per heavy atom. The number of likely N-dealkylation sites (tertiary alicyclic amines) is 1. The second kappa shape index (κ2) is 9.91. The zero-order valence-corrected chi connectivity index (χ0v) is 18.9. The molecular formula is C22H20N4O7S. The third-order valence-electron chi connectivity index (χ3n) is 5.27. The molecule has 2 fully saturated rings. The van der Waals surface area contributed by atoms with E-state index >= 15 is 0 Å². The van der Waals surface area contributed by atoms with Crippen LogP contribution in [-0.4, -0.2) is 63.5 Å². The van der Waals surface area contributed by atoms with Crippen molar-refractivity contribution < 1.29 is 28.8 Å². The molecule has 3 heterocycles. The first-order chi connectivity index (χ1) is 16.4. The number of thioether (sulfide) groups is 1. The van der Waals surface area contributed by atoms with Crippen LogP contribution in [0.1, 0.15) is 18.4 Å². The van der Waals surface area contributed by atoms with Gasteiger partial charge in [0.05, 0.1) is 16.9 Å². The molecule has 4 rings (SSSR count). The van der Waals surface area contributed by atoms with Gasteiger partial charge in [0, 0.05) is 25.4 Å². The van der Waals surface area contributed by atoms with Crippen molar-refractivity contribution in [2.45, 2.75) is 12.8 Å². The molecule has 11 nitrogen and oxygen atoms in total. The first-order valence-electron chi connectivity index (χ1n) is 10.4. The summed E-state index contributed by atoms with van der Waals surface area (Å²) in [4.78, 5) is 54.7. The zero-order chi connectivity index (χ0) is 24.2. The predicted molar refractivity (Wildman–Crippen MR) is 122 cm³/mol. The number of carbonyl (C=O) groups excluding carboxylic acids is 3. The smallest absolute Gasteiger partial charge is 0.331 e. The Morgan fingerprint density at radius 3 is 2.71 bits per heavy atom. The van der Waals surface area contributed by atoms with Crippen molar-refractivity contribution >= 4 is 40.6 Å². The van der Waals surface area contributed by atoms with Gasteiger partial charge >= 0.3 is 5.69 Å². The molecule has 0 aliphatic carbocycles. The van der Waals surface area contributed by atoms with Crippen LogP contribution in [0.2, 0.25) is 0 Å². The van der Waals surface area contributed by atoms with E-state index in [4.69, 9.17) is 9.47 Å². The van der Waals surface area contributed by atoms with Gasteiger partial charge in [-0.15, -0.1) is 0 Å². The van der Waals surface area contributed by atoms with Crippen molar-refractivity contribution in [2.24, 2.45) is 0 Å². The fourth-order valence-electron chi connectivity index (χ4n) is 3.55. The normalized spacial score (nSPS) is 16.9. The van der Waals surface area contributed by atoms with Gasteiger partial charge in [0.25, 0.3) is 17.0 Å². The van der Waals surface area contributed by atoms with E-state index in [2.05, 4.69) is 4.98 Å². The van der Waals surface area contributed by atoms with Gasteiger partial charge < -0.3 is 14.4 Å². The number of benzene rings is 1. The highest BCUT2D eigenvalue weighted by atomic mass is 32.2. The van der Waals surface area contributed by atoms with Crippen molar-refractivity contribution in [3.63, 3.8) is 0 Å². The predicted octanol–water partition coefficient (Wildman–Crippen LogP) is 3.45. The monoisotopic (exact) mass is 484 g/mol. The quantitative estimate of drug-likeness (QED) is 0.329. The Hall–Kier alpha value is -3.93. The van der Waals surface area contributed by atoms with Crippen molar-refractivity contribution in [3.8, 4) is 17.4 Å². The topological polar surface area (TPSA) is 132 Å². The molecule has 0 unspecified atom stereocenters. The second-order valence-electron chi connectivity index (χ2n) is 7.45. The number of hydrogen-bond acceptors (Lipinski definition) is 9. The standard InChI is InChI=1S/C22H20N4O7S/c1-32-17-11-14(6-7-16(17)33-20-15(26(30)31)5-4-8-23-20)12-18-21(28)25(22(29)34-18)13-19(27)24-9-2-3-10-24/h4-8,11-12H,2-3,9-10,13H2,1H3/b18-12+. The second-order valence-corrected chi connectivity index (χ2v) is 8.45. The third-order valence-corrected chi connectivity index (χ3v) is 6.17. The Morgan fingerprint density at radius 1 is 1.24 bits per heavy atom. The van der Waals surface area contributed by atoms with Crippen LogP contribution in [0.4, 0.5) is 10.5 Å². The molecule has 0 N–H and O–H groups in total. The number of rotatable bonds is 7. The van der Waals surface area contributed by atoms with E-state index in [1.165, 1.54) is 37.6 Å². The van der Waals surface area contributed by atoms with Gasteiger partial charge in [0.2, 0.25) is 5.91 Å². The Kier molecular flexibility index (Phi) is 6.77. The number of pyridine rings is 1. The number of imide groups is 1. The number of amides is 3. The molecule has 1 aromatic heterocycles. The van der Waals surface area contributed by atoms with Gasteiger partial charge in [0.15, 0.2) is 11.5 Å². The zero-order valence-electron chi connectivity index (χ0n) is 18.1. The number of nitro groups is 1. The lowest BCUT2D eigenvalue weighted by molar-refractivity contribution is -0.386. The van der Waals surface area contributed by atoms with Gasteiger partial charge in [-0.1, -0.05) is 6.07 Å². The third kappa shape index (κ3) is 4.86. The largest absolute Gasteiger partial charge is 0.493 e. The molecule has 0 atom stereocenters. The van der Waals surface area contributed by atoms with Crippen LogP contribution in [0.25, 0.3) is 6.08 Å². The number of hydrogen-bond donors (Lipinski definition) is 0. The first-order valence-corrected chi connectivity index (χ1v) is 11.2. The number of aromatic nitrogens is 1. The highest BCUT2D eigenvalue weighted by molar-refractivity contribution is 8.18. The minimum atomic E-state index is -0.603. The van der Waals surface area contributed by atoms with Crippen molar-refractivity contribution in [1.82, 2.24) is 14.8 Å². The fraction of sp³-hybridized carbons (Fsp3) is 0.273. The average molecular weight is 484 g/mol. The summed E-state index contributed by atoms with van der Waals surface area (Å²) in [5, 5.41) is 10.7. The summed E-state index contributed by atoms with van der Waals surface area (Å²) in [6.07, 6.45) is 4.72. The summed E-state index contributed by atoms with van der Waals surface area (Å²) in [7, 11) is 1.40. The Balaban J connectivity index is 1.52. The maximum Gasteiger partial charge on any atom is 0.331 e. The minimum absolute atomic E-state index is 0.176. The van der Waals surface area contributed by atoms with Crippen LogP contribution in [0.15, 0.2) is 41.4 Å². The van der Waals surface area contributed by atoms with Gasteiger partial charge in [-0.2, -0.15) is 0 Å². The van der Waals surface area contributed by atoms with Crippen molar-refractivity contribution in [3.05, 3.63) is 57.1 Å². The van der Waals surface area contributed by atoms with Gasteiger partial charge in [-0.25, -0.2) is 4.98 Å². The number of methoxy groups -OCH3 is 1. The summed E-state index contributed by atoms with van der Waals surface area (Å²) in [6, 6.07) is 7.39. The molecule has 12 heteroatoms. The summed E-state index contributed by atoms with van der Waals surface area (Å²) in [6.45, 7) is 1.00. The van der Waals surface area contributed by atoms with E-state index in [9.17, 15) is 24.5 Å². The lowest BCUT2D eigenvalue weighted by Gasteiger charge is -2.18. The maximum atomic E-state index is 12.8. The van der Waals surface area contributed by atoms with Crippen LogP contribution >= 0.6 is 11.8 Å². The highest BCUT2D eigenvalue weighted by Crippen LogP contribution is 2.37. The first kappa shape index (κ1) is 23.2. The molecular weight excluding hydrogens is 464 g/mol. The van der Waals surface area contributed by atoms with Gasteiger partial charge in [-0.05, 0) is 54.4 Å². The molecule has 0 bridgehead atoms. The van der Waals surface area contributed by atoms with Crippen LogP contribution < -0.4 is 9.47 Å². The lowest BCUT2D eigenvalue weighted by atomic mass is 10.2. The van der Waals surface area contributed by atoms with Gasteiger partial charge in [0.1, 0.15) is 6.54 Å².